The Kier molecular flexibility index (Phi) is 4.71. The molecule has 0 saturated heterocycles. The molecule has 8 heteroatoms. The Hall–Kier alpha value is -2.87. The van der Waals surface area contributed by atoms with E-state index in [9.17, 15) is 9.59 Å². The first-order chi connectivity index (χ1) is 15.6. The third kappa shape index (κ3) is 3.46. The summed E-state index contributed by atoms with van der Waals surface area (Å²) in [4.78, 5) is 34.7. The summed E-state index contributed by atoms with van der Waals surface area (Å²) in [6.45, 7) is 0. The monoisotopic (exact) mass is 451 g/mol. The predicted octanol–water partition coefficient (Wildman–Crippen LogP) is 4.48. The molecule has 1 fully saturated rings. The van der Waals surface area contributed by atoms with Crippen LogP contribution in [0.4, 0.5) is 5.69 Å². The van der Waals surface area contributed by atoms with Crippen LogP contribution < -0.4 is 20.3 Å². The number of benzene rings is 1. The van der Waals surface area contributed by atoms with Crippen LogP contribution >= 0.6 is 11.3 Å². The van der Waals surface area contributed by atoms with E-state index >= 15 is 0 Å². The average Bonchev–Trinajstić information content (AvgIpc) is 3.45. The fraction of sp³-hybridized carbons (Fsp3) is 0.458. The molecule has 1 saturated carbocycles. The lowest BCUT2D eigenvalue weighted by atomic mass is 9.94. The van der Waals surface area contributed by atoms with Gasteiger partial charge in [-0.05, 0) is 49.8 Å². The first-order valence-electron chi connectivity index (χ1n) is 11.4. The van der Waals surface area contributed by atoms with Gasteiger partial charge in [0.15, 0.2) is 11.5 Å². The number of aromatic amines is 1. The summed E-state index contributed by atoms with van der Waals surface area (Å²) in [7, 11) is 0. The molecule has 2 N–H and O–H groups in total. The highest BCUT2D eigenvalue weighted by molar-refractivity contribution is 7.18. The lowest BCUT2D eigenvalue weighted by Crippen LogP contribution is -2.40. The third-order valence-electron chi connectivity index (χ3n) is 6.65. The molecule has 6 rings (SSSR count). The predicted molar refractivity (Wildman–Crippen MR) is 123 cm³/mol. The average molecular weight is 452 g/mol. The zero-order valence-electron chi connectivity index (χ0n) is 17.8. The summed E-state index contributed by atoms with van der Waals surface area (Å²) in [6.07, 6.45) is 8.93. The van der Waals surface area contributed by atoms with E-state index in [0.717, 1.165) is 60.9 Å². The topological polar surface area (TPSA) is 93.3 Å². The number of nitrogens with one attached hydrogen (secondary N) is 2. The fourth-order valence-corrected chi connectivity index (χ4v) is 6.37. The molecular formula is C24H25N3O4S. The molecule has 2 aromatic heterocycles. The van der Waals surface area contributed by atoms with Gasteiger partial charge in [-0.3, -0.25) is 9.59 Å². The number of aryl methyl sites for hydroxylation is 3. The van der Waals surface area contributed by atoms with Crippen LogP contribution in [0.2, 0.25) is 0 Å². The standard InChI is InChI=1S/C24H25N3O4S/c28-20(10-9-19-26-22(29)21-15-5-4-6-18(15)32-23(21)27-19)25-14-7-8-16-17(13-14)31-24(30-16)11-2-1-3-12-24/h7-8,13H,1-6,9-12H2,(H,25,28)(H,26,27,29). The lowest BCUT2D eigenvalue weighted by molar-refractivity contribution is -0.116. The van der Waals surface area contributed by atoms with E-state index in [1.165, 1.54) is 16.9 Å². The zero-order valence-corrected chi connectivity index (χ0v) is 18.6. The number of hydrogen-bond donors (Lipinski definition) is 2. The van der Waals surface area contributed by atoms with Gasteiger partial charge in [0.1, 0.15) is 10.7 Å². The van der Waals surface area contributed by atoms with E-state index < -0.39 is 5.79 Å². The number of hydrogen-bond acceptors (Lipinski definition) is 6. The minimum atomic E-state index is -0.526. The van der Waals surface area contributed by atoms with Gasteiger partial charge in [0.25, 0.3) is 11.3 Å². The van der Waals surface area contributed by atoms with Gasteiger partial charge < -0.3 is 19.8 Å². The minimum absolute atomic E-state index is 0.0859. The Morgan fingerprint density at radius 2 is 1.97 bits per heavy atom. The Morgan fingerprint density at radius 1 is 1.12 bits per heavy atom. The molecule has 2 aliphatic carbocycles. The number of carbonyl (C=O) groups excluding carboxylic acids is 1. The number of carbonyl (C=O) groups is 1. The number of fused-ring (bicyclic) bond motifs is 4. The minimum Gasteiger partial charge on any atom is -0.448 e. The van der Waals surface area contributed by atoms with Crippen molar-refractivity contribution < 1.29 is 14.3 Å². The van der Waals surface area contributed by atoms with Crippen LogP contribution in [0, 0.1) is 0 Å². The number of nitrogens with zero attached hydrogens (tertiary/aromatic N) is 1. The van der Waals surface area contributed by atoms with Gasteiger partial charge in [-0.1, -0.05) is 6.42 Å². The highest BCUT2D eigenvalue weighted by Gasteiger charge is 2.42. The molecule has 0 bridgehead atoms. The molecule has 1 spiro atoms. The van der Waals surface area contributed by atoms with Crippen LogP contribution in [-0.4, -0.2) is 21.7 Å². The fourth-order valence-electron chi connectivity index (χ4n) is 5.09. The van der Waals surface area contributed by atoms with Crippen molar-refractivity contribution in [1.82, 2.24) is 9.97 Å². The van der Waals surface area contributed by atoms with Crippen LogP contribution in [0.1, 0.15) is 61.2 Å². The van der Waals surface area contributed by atoms with E-state index in [4.69, 9.17) is 9.47 Å². The zero-order chi connectivity index (χ0) is 21.7. The van der Waals surface area contributed by atoms with Gasteiger partial charge in [0, 0.05) is 42.3 Å². The Morgan fingerprint density at radius 3 is 2.84 bits per heavy atom. The van der Waals surface area contributed by atoms with Crippen LogP contribution in [0.5, 0.6) is 11.5 Å². The van der Waals surface area contributed by atoms with Crippen molar-refractivity contribution in [2.75, 3.05) is 5.32 Å². The summed E-state index contributed by atoms with van der Waals surface area (Å²) in [5.41, 5.74) is 1.76. The molecule has 1 aliphatic heterocycles. The highest BCUT2D eigenvalue weighted by Crippen LogP contribution is 2.46. The van der Waals surface area contributed by atoms with E-state index in [1.807, 2.05) is 18.2 Å². The maximum atomic E-state index is 12.6. The molecule has 3 aromatic rings. The number of rotatable bonds is 4. The molecule has 7 nitrogen and oxygen atoms in total. The first-order valence-corrected chi connectivity index (χ1v) is 12.3. The summed E-state index contributed by atoms with van der Waals surface area (Å²) in [5, 5.41) is 3.67. The Bertz CT molecular complexity index is 1270. The second-order valence-electron chi connectivity index (χ2n) is 8.94. The van der Waals surface area contributed by atoms with Crippen molar-refractivity contribution in [1.29, 1.82) is 0 Å². The molecule has 3 heterocycles. The summed E-state index contributed by atoms with van der Waals surface area (Å²) in [6, 6.07) is 5.52. The molecule has 0 unspecified atom stereocenters. The number of thiophene rings is 1. The largest absolute Gasteiger partial charge is 0.448 e. The third-order valence-corrected chi connectivity index (χ3v) is 7.83. The second kappa shape index (κ2) is 7.62. The molecule has 1 aromatic carbocycles. The van der Waals surface area contributed by atoms with Crippen molar-refractivity contribution in [2.24, 2.45) is 0 Å². The Labute approximate surface area is 189 Å². The molecule has 1 amide bonds. The highest BCUT2D eigenvalue weighted by atomic mass is 32.1. The molecule has 3 aliphatic rings. The van der Waals surface area contributed by atoms with Gasteiger partial charge in [0.05, 0.1) is 5.39 Å². The van der Waals surface area contributed by atoms with Crippen molar-refractivity contribution in [2.45, 2.75) is 70.0 Å². The quantitative estimate of drug-likeness (QED) is 0.610. The molecular weight excluding hydrogens is 426 g/mol. The number of aromatic nitrogens is 2. The summed E-state index contributed by atoms with van der Waals surface area (Å²) >= 11 is 1.61. The Balaban J connectivity index is 1.11. The SMILES string of the molecule is O=C(CCc1nc2sc3c(c2c(=O)[nH]1)CCC3)Nc1ccc2c(c1)OC1(CCCCC1)O2. The van der Waals surface area contributed by atoms with E-state index in [1.54, 1.807) is 11.3 Å². The second-order valence-corrected chi connectivity index (χ2v) is 10.0. The summed E-state index contributed by atoms with van der Waals surface area (Å²) < 4.78 is 12.2. The molecule has 0 radical (unpaired) electrons. The summed E-state index contributed by atoms with van der Waals surface area (Å²) in [5.74, 6) is 1.33. The van der Waals surface area contributed by atoms with Crippen molar-refractivity contribution >= 4 is 33.1 Å². The smallest absolute Gasteiger partial charge is 0.259 e. The van der Waals surface area contributed by atoms with Crippen LogP contribution in [0.15, 0.2) is 23.0 Å². The van der Waals surface area contributed by atoms with Crippen molar-refractivity contribution in [3.8, 4) is 11.5 Å². The van der Waals surface area contributed by atoms with E-state index in [2.05, 4.69) is 15.3 Å². The molecule has 0 atom stereocenters. The van der Waals surface area contributed by atoms with E-state index in [0.29, 0.717) is 23.7 Å². The first kappa shape index (κ1) is 19.8. The number of H-pyrrole nitrogens is 1. The number of amides is 1. The maximum Gasteiger partial charge on any atom is 0.259 e. The maximum absolute atomic E-state index is 12.6. The van der Waals surface area contributed by atoms with E-state index in [-0.39, 0.29) is 17.9 Å². The van der Waals surface area contributed by atoms with Crippen molar-refractivity contribution in [3.05, 3.63) is 44.8 Å². The molecule has 166 valence electrons. The van der Waals surface area contributed by atoms with Crippen molar-refractivity contribution in [3.63, 3.8) is 0 Å². The number of anilines is 1. The van der Waals surface area contributed by atoms with Gasteiger partial charge >= 0.3 is 0 Å². The van der Waals surface area contributed by atoms with Crippen LogP contribution in [0.3, 0.4) is 0 Å². The van der Waals surface area contributed by atoms with Gasteiger partial charge in [0.2, 0.25) is 5.91 Å². The number of ether oxygens (including phenoxy) is 2. The van der Waals surface area contributed by atoms with Gasteiger partial charge in [-0.2, -0.15) is 0 Å². The van der Waals surface area contributed by atoms with Crippen LogP contribution in [0.25, 0.3) is 10.2 Å². The lowest BCUT2D eigenvalue weighted by Gasteiger charge is -2.31. The van der Waals surface area contributed by atoms with Gasteiger partial charge in [-0.25, -0.2) is 4.98 Å². The molecule has 32 heavy (non-hydrogen) atoms. The normalized spacial score (nSPS) is 18.2. The van der Waals surface area contributed by atoms with Crippen LogP contribution in [-0.2, 0) is 24.1 Å². The van der Waals surface area contributed by atoms with Gasteiger partial charge in [-0.15, -0.1) is 11.3 Å².